The summed E-state index contributed by atoms with van der Waals surface area (Å²) >= 11 is 0. The molecule has 94 valence electrons. The summed E-state index contributed by atoms with van der Waals surface area (Å²) in [6.45, 7) is 6.37. The van der Waals surface area contributed by atoms with Crippen LogP contribution in [-0.2, 0) is 6.42 Å². The van der Waals surface area contributed by atoms with Gasteiger partial charge in [-0.05, 0) is 38.0 Å². The van der Waals surface area contributed by atoms with Gasteiger partial charge in [0.05, 0.1) is 11.7 Å². The summed E-state index contributed by atoms with van der Waals surface area (Å²) < 4.78 is 1.88. The summed E-state index contributed by atoms with van der Waals surface area (Å²) in [7, 11) is 0. The van der Waals surface area contributed by atoms with Crippen molar-refractivity contribution in [3.63, 3.8) is 0 Å². The Morgan fingerprint density at radius 1 is 1.47 bits per heavy atom. The molecule has 17 heavy (non-hydrogen) atoms. The number of nitrogens with two attached hydrogens (primary N) is 1. The second-order valence-electron chi connectivity index (χ2n) is 5.33. The van der Waals surface area contributed by atoms with Crippen LogP contribution in [0.25, 0.3) is 0 Å². The smallest absolute Gasteiger partial charge is 0.271 e. The molecule has 0 saturated heterocycles. The maximum atomic E-state index is 11.3. The Labute approximate surface area is 101 Å². The van der Waals surface area contributed by atoms with Crippen molar-refractivity contribution in [1.82, 2.24) is 15.0 Å². The van der Waals surface area contributed by atoms with E-state index in [9.17, 15) is 4.79 Å². The molecule has 1 amide bonds. The van der Waals surface area contributed by atoms with Crippen LogP contribution in [0, 0.1) is 11.8 Å². The minimum atomic E-state index is -0.470. The number of carbonyl (C=O) groups is 1. The van der Waals surface area contributed by atoms with E-state index in [0.29, 0.717) is 17.5 Å². The zero-order chi connectivity index (χ0) is 12.6. The van der Waals surface area contributed by atoms with Gasteiger partial charge >= 0.3 is 0 Å². The van der Waals surface area contributed by atoms with Crippen LogP contribution in [0.2, 0.25) is 0 Å². The lowest BCUT2D eigenvalue weighted by Crippen LogP contribution is -2.19. The molecular weight excluding hydrogens is 216 g/mol. The van der Waals surface area contributed by atoms with Gasteiger partial charge in [-0.1, -0.05) is 19.1 Å². The Balaban J connectivity index is 2.33. The maximum absolute atomic E-state index is 11.3. The van der Waals surface area contributed by atoms with Crippen molar-refractivity contribution < 1.29 is 4.79 Å². The summed E-state index contributed by atoms with van der Waals surface area (Å²) in [5.41, 5.74) is 6.61. The summed E-state index contributed by atoms with van der Waals surface area (Å²) in [6, 6.07) is 0.240. The molecule has 0 radical (unpaired) electrons. The molecule has 1 aliphatic rings. The summed E-state index contributed by atoms with van der Waals surface area (Å²) in [5.74, 6) is 0.669. The predicted molar refractivity (Wildman–Crippen MR) is 64.5 cm³/mol. The van der Waals surface area contributed by atoms with Gasteiger partial charge in [0.2, 0.25) is 0 Å². The first-order valence-corrected chi connectivity index (χ1v) is 6.24. The molecule has 5 nitrogen and oxygen atoms in total. The molecule has 1 aromatic heterocycles. The summed E-state index contributed by atoms with van der Waals surface area (Å²) in [6.07, 6.45) is 3.35. The van der Waals surface area contributed by atoms with Crippen molar-refractivity contribution in [2.75, 3.05) is 0 Å². The number of nitrogens with zero attached hydrogens (tertiary/aromatic N) is 3. The van der Waals surface area contributed by atoms with Crippen molar-refractivity contribution in [3.8, 4) is 0 Å². The second kappa shape index (κ2) is 4.47. The molecule has 1 aromatic rings. The van der Waals surface area contributed by atoms with E-state index >= 15 is 0 Å². The first kappa shape index (κ1) is 12.1. The van der Waals surface area contributed by atoms with Crippen molar-refractivity contribution in [2.24, 2.45) is 17.6 Å². The Hall–Kier alpha value is -1.39. The number of hydrogen-bond acceptors (Lipinski definition) is 3. The quantitative estimate of drug-likeness (QED) is 0.842. The molecule has 0 aliphatic heterocycles. The van der Waals surface area contributed by atoms with Crippen LogP contribution in [-0.4, -0.2) is 20.9 Å². The molecule has 0 aromatic carbocycles. The summed E-state index contributed by atoms with van der Waals surface area (Å²) in [5, 5.41) is 8.04. The number of hydrogen-bond donors (Lipinski definition) is 1. The molecule has 1 fully saturated rings. The van der Waals surface area contributed by atoms with Gasteiger partial charge in [0.15, 0.2) is 5.69 Å². The standard InChI is InChI=1S/C12H20N4O/c1-7(2)8(3)16-10(6-9-4-5-9)11(12(13)17)14-15-16/h7-9H,4-6H2,1-3H3,(H2,13,17). The number of amides is 1. The Kier molecular flexibility index (Phi) is 3.17. The average molecular weight is 236 g/mol. The zero-order valence-electron chi connectivity index (χ0n) is 10.7. The van der Waals surface area contributed by atoms with Gasteiger partial charge in [0.25, 0.3) is 5.91 Å². The van der Waals surface area contributed by atoms with Crippen molar-refractivity contribution in [3.05, 3.63) is 11.4 Å². The third-order valence-electron chi connectivity index (χ3n) is 3.55. The fraction of sp³-hybridized carbons (Fsp3) is 0.750. The van der Waals surface area contributed by atoms with Crippen LogP contribution in [0.4, 0.5) is 0 Å². The number of aromatic nitrogens is 3. The predicted octanol–water partition coefficient (Wildman–Crippen LogP) is 1.55. The summed E-state index contributed by atoms with van der Waals surface area (Å²) in [4.78, 5) is 11.3. The third kappa shape index (κ3) is 2.48. The molecule has 1 unspecified atom stereocenters. The zero-order valence-corrected chi connectivity index (χ0v) is 10.7. The van der Waals surface area contributed by atoms with Crippen LogP contribution >= 0.6 is 0 Å². The van der Waals surface area contributed by atoms with Crippen LogP contribution < -0.4 is 5.73 Å². The highest BCUT2D eigenvalue weighted by Gasteiger charge is 2.29. The lowest BCUT2D eigenvalue weighted by atomic mass is 10.1. The van der Waals surface area contributed by atoms with Gasteiger partial charge in [0, 0.05) is 0 Å². The topological polar surface area (TPSA) is 73.8 Å². The van der Waals surface area contributed by atoms with E-state index in [1.165, 1.54) is 12.8 Å². The molecule has 2 N–H and O–H groups in total. The van der Waals surface area contributed by atoms with E-state index in [2.05, 4.69) is 31.1 Å². The van der Waals surface area contributed by atoms with E-state index in [0.717, 1.165) is 12.1 Å². The molecule has 1 heterocycles. The number of primary amides is 1. The van der Waals surface area contributed by atoms with Gasteiger partial charge in [-0.15, -0.1) is 5.10 Å². The molecule has 5 heteroatoms. The maximum Gasteiger partial charge on any atom is 0.271 e. The highest BCUT2D eigenvalue weighted by Crippen LogP contribution is 2.34. The Bertz CT molecular complexity index is 420. The van der Waals surface area contributed by atoms with Gasteiger partial charge < -0.3 is 5.73 Å². The molecule has 2 rings (SSSR count). The highest BCUT2D eigenvalue weighted by molar-refractivity contribution is 5.91. The van der Waals surface area contributed by atoms with E-state index in [1.54, 1.807) is 0 Å². The fourth-order valence-corrected chi connectivity index (χ4v) is 1.90. The van der Waals surface area contributed by atoms with E-state index in [-0.39, 0.29) is 6.04 Å². The molecule has 0 bridgehead atoms. The molecule has 1 atom stereocenters. The molecular formula is C12H20N4O. The Morgan fingerprint density at radius 3 is 2.59 bits per heavy atom. The minimum Gasteiger partial charge on any atom is -0.364 e. The van der Waals surface area contributed by atoms with Crippen molar-refractivity contribution >= 4 is 5.91 Å². The average Bonchev–Trinajstić information content (AvgIpc) is 2.95. The van der Waals surface area contributed by atoms with Gasteiger partial charge in [-0.3, -0.25) is 4.79 Å². The largest absolute Gasteiger partial charge is 0.364 e. The lowest BCUT2D eigenvalue weighted by Gasteiger charge is -2.18. The van der Waals surface area contributed by atoms with Crippen molar-refractivity contribution in [1.29, 1.82) is 0 Å². The normalized spacial score (nSPS) is 17.4. The van der Waals surface area contributed by atoms with Gasteiger partial charge in [-0.2, -0.15) is 0 Å². The highest BCUT2D eigenvalue weighted by atomic mass is 16.1. The monoisotopic (exact) mass is 236 g/mol. The number of carbonyl (C=O) groups excluding carboxylic acids is 1. The van der Waals surface area contributed by atoms with Crippen molar-refractivity contribution in [2.45, 2.75) is 46.1 Å². The Morgan fingerprint density at radius 2 is 2.12 bits per heavy atom. The molecule has 0 spiro atoms. The first-order chi connectivity index (χ1) is 8.00. The van der Waals surface area contributed by atoms with Crippen LogP contribution in [0.5, 0.6) is 0 Å². The SMILES string of the molecule is CC(C)C(C)n1nnc(C(N)=O)c1CC1CC1. The molecule has 1 aliphatic carbocycles. The van der Waals surface area contributed by atoms with Crippen LogP contribution in [0.1, 0.15) is 55.8 Å². The second-order valence-corrected chi connectivity index (χ2v) is 5.33. The van der Waals surface area contributed by atoms with E-state index < -0.39 is 5.91 Å². The van der Waals surface area contributed by atoms with E-state index in [4.69, 9.17) is 5.73 Å². The third-order valence-corrected chi connectivity index (χ3v) is 3.55. The van der Waals surface area contributed by atoms with Gasteiger partial charge in [0.1, 0.15) is 0 Å². The fourth-order valence-electron chi connectivity index (χ4n) is 1.90. The van der Waals surface area contributed by atoms with Gasteiger partial charge in [-0.25, -0.2) is 4.68 Å². The molecule has 1 saturated carbocycles. The van der Waals surface area contributed by atoms with E-state index in [1.807, 2.05) is 4.68 Å². The minimum absolute atomic E-state index is 0.240. The van der Waals surface area contributed by atoms with Crippen LogP contribution in [0.15, 0.2) is 0 Å². The van der Waals surface area contributed by atoms with Crippen LogP contribution in [0.3, 0.4) is 0 Å². The number of rotatable bonds is 5. The first-order valence-electron chi connectivity index (χ1n) is 6.24. The lowest BCUT2D eigenvalue weighted by molar-refractivity contribution is 0.0994.